The lowest BCUT2D eigenvalue weighted by Crippen LogP contribution is -2.59. The Morgan fingerprint density at radius 2 is 1.82 bits per heavy atom. The molecule has 7 rings (SSSR count). The lowest BCUT2D eigenvalue weighted by Gasteiger charge is -2.46. The number of nitrogens with zero attached hydrogens (tertiary/aromatic N) is 7. The van der Waals surface area contributed by atoms with Crippen molar-refractivity contribution in [3.63, 3.8) is 0 Å². The fraction of sp³-hybridized carbons (Fsp3) is 0.405. The summed E-state index contributed by atoms with van der Waals surface area (Å²) in [5.41, 5.74) is 7.51. The van der Waals surface area contributed by atoms with Crippen molar-refractivity contribution in [3.8, 4) is 28.7 Å². The summed E-state index contributed by atoms with van der Waals surface area (Å²) in [6.45, 7) is 10.2. The molecule has 2 aromatic heterocycles. The van der Waals surface area contributed by atoms with E-state index in [0.717, 1.165) is 52.2 Å². The van der Waals surface area contributed by atoms with E-state index in [1.54, 1.807) is 29.2 Å². The van der Waals surface area contributed by atoms with E-state index in [0.29, 0.717) is 52.8 Å². The Labute approximate surface area is 285 Å². The number of hydrogen-bond acceptors (Lipinski definition) is 9. The number of likely N-dealkylation sites (tertiary alicyclic amines) is 1. The molecule has 254 valence electrons. The van der Waals surface area contributed by atoms with Crippen LogP contribution in [0.25, 0.3) is 22.2 Å². The van der Waals surface area contributed by atoms with Crippen LogP contribution in [0.3, 0.4) is 0 Å². The molecule has 0 bridgehead atoms. The van der Waals surface area contributed by atoms with Crippen molar-refractivity contribution in [2.24, 2.45) is 0 Å². The van der Waals surface area contributed by atoms with Gasteiger partial charge in [0.25, 0.3) is 5.91 Å². The molecule has 1 atom stereocenters. The van der Waals surface area contributed by atoms with Gasteiger partial charge in [0.15, 0.2) is 0 Å². The first-order valence-electron chi connectivity index (χ1n) is 16.8. The van der Waals surface area contributed by atoms with E-state index in [1.165, 1.54) is 12.4 Å². The maximum atomic E-state index is 15.7. The number of hydrogen-bond donors (Lipinski definition) is 1. The standard InChI is InChI=1S/C37H41FN8O3/c1-37(2,45-15-13-43(14-16-45)27-22-48-23-27)18-25(19-39)36(47)44-12-6-7-26(20-44)46-21-31(33-34(40)41-24-42-35(33)46)30-11-10-29(17-32(30)38)49-28-8-4-3-5-9-28/h3-5,8-11,17-18,21,24,26-27H,6-7,12-16,20,22-23H2,1-2H3,(H2,40,41,42)/t26-/m1/s1. The Bertz CT molecular complexity index is 1910. The van der Waals surface area contributed by atoms with Crippen molar-refractivity contribution in [2.75, 3.05) is 58.2 Å². The van der Waals surface area contributed by atoms with Crippen LogP contribution in [-0.2, 0) is 9.53 Å². The smallest absolute Gasteiger partial charge is 0.264 e. The van der Waals surface area contributed by atoms with Crippen LogP contribution < -0.4 is 10.5 Å². The van der Waals surface area contributed by atoms with E-state index in [-0.39, 0.29) is 23.3 Å². The van der Waals surface area contributed by atoms with Crippen LogP contribution in [0.1, 0.15) is 32.7 Å². The molecule has 11 nitrogen and oxygen atoms in total. The third-order valence-corrected chi connectivity index (χ3v) is 10.0. The summed E-state index contributed by atoms with van der Waals surface area (Å²) in [5.74, 6) is 0.469. The number of nitrogens with two attached hydrogens (primary N) is 1. The number of halogens is 1. The lowest BCUT2D eigenvalue weighted by atomic mass is 9.96. The monoisotopic (exact) mass is 664 g/mol. The second-order valence-corrected chi connectivity index (χ2v) is 13.5. The molecule has 5 heterocycles. The van der Waals surface area contributed by atoms with Gasteiger partial charge in [-0.15, -0.1) is 0 Å². The zero-order chi connectivity index (χ0) is 34.1. The molecule has 3 saturated heterocycles. The molecule has 3 aliphatic rings. The topological polar surface area (TPSA) is 126 Å². The Balaban J connectivity index is 1.11. The molecule has 0 spiro atoms. The van der Waals surface area contributed by atoms with Gasteiger partial charge in [-0.25, -0.2) is 14.4 Å². The summed E-state index contributed by atoms with van der Waals surface area (Å²) in [7, 11) is 0. The number of anilines is 1. The number of nitrogen functional groups attached to an aromatic ring is 1. The van der Waals surface area contributed by atoms with Gasteiger partial charge in [0.1, 0.15) is 46.8 Å². The Kier molecular flexibility index (Phi) is 9.07. The highest BCUT2D eigenvalue weighted by Crippen LogP contribution is 2.38. The quantitative estimate of drug-likeness (QED) is 0.204. The Morgan fingerprint density at radius 1 is 1.04 bits per heavy atom. The normalized spacial score (nSPS) is 19.8. The van der Waals surface area contributed by atoms with Gasteiger partial charge >= 0.3 is 0 Å². The minimum absolute atomic E-state index is 0.143. The summed E-state index contributed by atoms with van der Waals surface area (Å²) in [6.07, 6.45) is 6.59. The molecule has 1 amide bonds. The molecular formula is C37H41FN8O3. The highest BCUT2D eigenvalue weighted by atomic mass is 19.1. The highest BCUT2D eigenvalue weighted by Gasteiger charge is 2.35. The molecule has 12 heteroatoms. The van der Waals surface area contributed by atoms with Crippen molar-refractivity contribution in [1.29, 1.82) is 5.26 Å². The van der Waals surface area contributed by atoms with Gasteiger partial charge in [-0.1, -0.05) is 18.2 Å². The number of carbonyl (C=O) groups excluding carboxylic acids is 1. The molecule has 2 aromatic carbocycles. The fourth-order valence-corrected chi connectivity index (χ4v) is 7.21. The number of piperidine rings is 1. The van der Waals surface area contributed by atoms with Crippen molar-refractivity contribution in [1.82, 2.24) is 29.2 Å². The number of para-hydroxylation sites is 1. The largest absolute Gasteiger partial charge is 0.457 e. The fourth-order valence-electron chi connectivity index (χ4n) is 7.21. The SMILES string of the molecule is CC(C)(C=C(C#N)C(=O)N1CCC[C@@H](n2cc(-c3ccc(Oc4ccccc4)cc3F)c3c(N)ncnc32)C1)N1CCN(C2COC2)CC1. The van der Waals surface area contributed by atoms with E-state index >= 15 is 4.39 Å². The van der Waals surface area contributed by atoms with Gasteiger partial charge in [-0.05, 0) is 57.0 Å². The summed E-state index contributed by atoms with van der Waals surface area (Å²) in [5, 5.41) is 10.7. The van der Waals surface area contributed by atoms with Gasteiger partial charge in [0.05, 0.1) is 30.7 Å². The first-order chi connectivity index (χ1) is 23.7. The highest BCUT2D eigenvalue weighted by molar-refractivity contribution is 6.01. The number of amides is 1. The zero-order valence-corrected chi connectivity index (χ0v) is 27.9. The number of fused-ring (bicyclic) bond motifs is 1. The van der Waals surface area contributed by atoms with E-state index in [1.807, 2.05) is 35.0 Å². The minimum atomic E-state index is -0.471. The molecule has 0 radical (unpaired) electrons. The molecule has 3 fully saturated rings. The Hall–Kier alpha value is -4.83. The van der Waals surface area contributed by atoms with E-state index in [2.05, 4.69) is 39.7 Å². The zero-order valence-electron chi connectivity index (χ0n) is 27.9. The van der Waals surface area contributed by atoms with E-state index < -0.39 is 11.4 Å². The first-order valence-corrected chi connectivity index (χ1v) is 16.8. The van der Waals surface area contributed by atoms with Crippen molar-refractivity contribution < 1.29 is 18.7 Å². The van der Waals surface area contributed by atoms with Crippen molar-refractivity contribution in [3.05, 3.63) is 78.5 Å². The molecule has 2 N–H and O–H groups in total. The summed E-state index contributed by atoms with van der Waals surface area (Å²) < 4.78 is 28.9. The second kappa shape index (κ2) is 13.6. The van der Waals surface area contributed by atoms with E-state index in [9.17, 15) is 10.1 Å². The van der Waals surface area contributed by atoms with Crippen LogP contribution in [-0.4, -0.2) is 99.2 Å². The molecule has 0 saturated carbocycles. The number of carbonyl (C=O) groups is 1. The number of aromatic nitrogens is 3. The third kappa shape index (κ3) is 6.62. The maximum Gasteiger partial charge on any atom is 0.264 e. The first kappa shape index (κ1) is 32.7. The molecular weight excluding hydrogens is 623 g/mol. The molecule has 0 unspecified atom stereocenters. The predicted octanol–water partition coefficient (Wildman–Crippen LogP) is 5.02. The van der Waals surface area contributed by atoms with E-state index in [4.69, 9.17) is 15.2 Å². The Morgan fingerprint density at radius 3 is 2.51 bits per heavy atom. The summed E-state index contributed by atoms with van der Waals surface area (Å²) in [6, 6.07) is 16.5. The average Bonchev–Trinajstić information content (AvgIpc) is 3.48. The predicted molar refractivity (Wildman–Crippen MR) is 184 cm³/mol. The number of piperazine rings is 1. The van der Waals surface area contributed by atoms with Gasteiger partial charge in [-0.2, -0.15) is 5.26 Å². The van der Waals surface area contributed by atoms with Crippen LogP contribution in [0.4, 0.5) is 10.2 Å². The van der Waals surface area contributed by atoms with Crippen LogP contribution in [0.15, 0.2) is 72.7 Å². The van der Waals surface area contributed by atoms with Crippen LogP contribution >= 0.6 is 0 Å². The third-order valence-electron chi connectivity index (χ3n) is 10.0. The molecule has 49 heavy (non-hydrogen) atoms. The van der Waals surface area contributed by atoms with Crippen molar-refractivity contribution in [2.45, 2.75) is 44.3 Å². The summed E-state index contributed by atoms with van der Waals surface area (Å²) in [4.78, 5) is 29.2. The molecule has 3 aliphatic heterocycles. The number of nitriles is 1. The van der Waals surface area contributed by atoms with Crippen molar-refractivity contribution >= 4 is 22.8 Å². The molecule has 4 aromatic rings. The van der Waals surface area contributed by atoms with Crippen LogP contribution in [0.2, 0.25) is 0 Å². The van der Waals surface area contributed by atoms with Gasteiger partial charge in [0, 0.05) is 68.2 Å². The lowest BCUT2D eigenvalue weighted by molar-refractivity contribution is -0.128. The minimum Gasteiger partial charge on any atom is -0.457 e. The average molecular weight is 665 g/mol. The van der Waals surface area contributed by atoms with Gasteiger partial charge < -0.3 is 24.7 Å². The number of benzene rings is 2. The van der Waals surface area contributed by atoms with Crippen LogP contribution in [0, 0.1) is 17.1 Å². The summed E-state index contributed by atoms with van der Waals surface area (Å²) >= 11 is 0. The maximum absolute atomic E-state index is 15.7. The van der Waals surface area contributed by atoms with Crippen LogP contribution in [0.5, 0.6) is 11.5 Å². The second-order valence-electron chi connectivity index (χ2n) is 13.5. The number of rotatable bonds is 8. The van der Waals surface area contributed by atoms with Gasteiger partial charge in [-0.3, -0.25) is 14.6 Å². The number of ether oxygens (including phenoxy) is 2. The van der Waals surface area contributed by atoms with Gasteiger partial charge in [0.2, 0.25) is 0 Å². The molecule has 0 aliphatic carbocycles.